The van der Waals surface area contributed by atoms with Crippen LogP contribution in [-0.4, -0.2) is 18.5 Å². The van der Waals surface area contributed by atoms with E-state index in [0.29, 0.717) is 12.2 Å². The van der Waals surface area contributed by atoms with Crippen molar-refractivity contribution in [2.75, 3.05) is 17.2 Å². The lowest BCUT2D eigenvalue weighted by Crippen LogP contribution is -2.28. The predicted octanol–water partition coefficient (Wildman–Crippen LogP) is 3.29. The SMILES string of the molecule is C=CCNC(=O)Nc1ccc(NC(=O)C2CC=CCC2)cc1. The molecule has 5 nitrogen and oxygen atoms in total. The lowest BCUT2D eigenvalue weighted by molar-refractivity contribution is -0.120. The van der Waals surface area contributed by atoms with Crippen LogP contribution in [0.2, 0.25) is 0 Å². The Labute approximate surface area is 130 Å². The number of hydrogen-bond acceptors (Lipinski definition) is 2. The molecule has 0 fully saturated rings. The summed E-state index contributed by atoms with van der Waals surface area (Å²) in [7, 11) is 0. The smallest absolute Gasteiger partial charge is 0.319 e. The molecule has 5 heteroatoms. The van der Waals surface area contributed by atoms with E-state index >= 15 is 0 Å². The number of amides is 3. The lowest BCUT2D eigenvalue weighted by atomic mass is 9.93. The van der Waals surface area contributed by atoms with Gasteiger partial charge < -0.3 is 16.0 Å². The molecular formula is C17H21N3O2. The van der Waals surface area contributed by atoms with Crippen molar-refractivity contribution in [2.45, 2.75) is 19.3 Å². The fraction of sp³-hybridized carbons (Fsp3) is 0.294. The first-order chi connectivity index (χ1) is 10.7. The Bertz CT molecular complexity index is 564. The maximum Gasteiger partial charge on any atom is 0.319 e. The summed E-state index contributed by atoms with van der Waals surface area (Å²) in [5, 5.41) is 8.24. The van der Waals surface area contributed by atoms with E-state index in [1.165, 1.54) is 0 Å². The molecular weight excluding hydrogens is 278 g/mol. The number of anilines is 2. The van der Waals surface area contributed by atoms with Crippen LogP contribution < -0.4 is 16.0 Å². The van der Waals surface area contributed by atoms with Gasteiger partial charge in [0.25, 0.3) is 0 Å². The zero-order valence-electron chi connectivity index (χ0n) is 12.5. The number of carbonyl (C=O) groups is 2. The molecule has 0 saturated carbocycles. The van der Waals surface area contributed by atoms with Gasteiger partial charge in [0.05, 0.1) is 0 Å². The number of hydrogen-bond donors (Lipinski definition) is 3. The van der Waals surface area contributed by atoms with Crippen LogP contribution in [0.1, 0.15) is 19.3 Å². The average molecular weight is 299 g/mol. The minimum absolute atomic E-state index is 0.0486. The predicted molar refractivity (Wildman–Crippen MR) is 88.8 cm³/mol. The molecule has 1 aliphatic carbocycles. The molecule has 0 bridgehead atoms. The second kappa shape index (κ2) is 8.02. The summed E-state index contributed by atoms with van der Waals surface area (Å²) in [5.74, 6) is 0.0984. The molecule has 2 rings (SSSR count). The summed E-state index contributed by atoms with van der Waals surface area (Å²) in [6, 6.07) is 6.78. The van der Waals surface area contributed by atoms with E-state index in [9.17, 15) is 9.59 Å². The number of carbonyl (C=O) groups excluding carboxylic acids is 2. The zero-order chi connectivity index (χ0) is 15.8. The molecule has 1 aromatic carbocycles. The second-order valence-electron chi connectivity index (χ2n) is 5.17. The quantitative estimate of drug-likeness (QED) is 0.730. The molecule has 1 atom stereocenters. The highest BCUT2D eigenvalue weighted by Gasteiger charge is 2.18. The Hall–Kier alpha value is -2.56. The first-order valence-corrected chi connectivity index (χ1v) is 7.40. The standard InChI is InChI=1S/C17H21N3O2/c1-2-12-18-17(22)20-15-10-8-14(9-11-15)19-16(21)13-6-4-3-5-7-13/h2-4,8-11,13H,1,5-7,12H2,(H,19,21)(H2,18,20,22). The van der Waals surface area contributed by atoms with Crippen molar-refractivity contribution < 1.29 is 9.59 Å². The molecule has 116 valence electrons. The van der Waals surface area contributed by atoms with E-state index in [1.807, 2.05) is 0 Å². The third kappa shape index (κ3) is 4.77. The zero-order valence-corrected chi connectivity index (χ0v) is 12.5. The Balaban J connectivity index is 1.86. The van der Waals surface area contributed by atoms with Gasteiger partial charge in [-0.25, -0.2) is 4.79 Å². The van der Waals surface area contributed by atoms with Crippen molar-refractivity contribution in [3.63, 3.8) is 0 Å². The van der Waals surface area contributed by atoms with Gasteiger partial charge in [0.1, 0.15) is 0 Å². The van der Waals surface area contributed by atoms with Crippen LogP contribution in [0.25, 0.3) is 0 Å². The van der Waals surface area contributed by atoms with Crippen molar-refractivity contribution >= 4 is 23.3 Å². The van der Waals surface area contributed by atoms with Crippen molar-refractivity contribution in [2.24, 2.45) is 5.92 Å². The highest BCUT2D eigenvalue weighted by atomic mass is 16.2. The first-order valence-electron chi connectivity index (χ1n) is 7.40. The molecule has 0 aliphatic heterocycles. The molecule has 1 unspecified atom stereocenters. The van der Waals surface area contributed by atoms with Crippen LogP contribution in [0.3, 0.4) is 0 Å². The van der Waals surface area contributed by atoms with Crippen LogP contribution in [0.15, 0.2) is 49.1 Å². The van der Waals surface area contributed by atoms with E-state index in [2.05, 4.69) is 34.7 Å². The third-order valence-corrected chi connectivity index (χ3v) is 3.46. The first kappa shape index (κ1) is 15.8. The fourth-order valence-electron chi connectivity index (χ4n) is 2.25. The number of nitrogens with one attached hydrogen (secondary N) is 3. The fourth-order valence-corrected chi connectivity index (χ4v) is 2.25. The molecule has 3 N–H and O–H groups in total. The van der Waals surface area contributed by atoms with E-state index in [0.717, 1.165) is 24.9 Å². The monoisotopic (exact) mass is 299 g/mol. The van der Waals surface area contributed by atoms with Crippen molar-refractivity contribution in [1.82, 2.24) is 5.32 Å². The maximum atomic E-state index is 12.1. The summed E-state index contributed by atoms with van der Waals surface area (Å²) in [6.07, 6.45) is 8.43. The Morgan fingerprint density at radius 1 is 1.14 bits per heavy atom. The lowest BCUT2D eigenvalue weighted by Gasteiger charge is -2.17. The van der Waals surface area contributed by atoms with Crippen LogP contribution in [0, 0.1) is 5.92 Å². The van der Waals surface area contributed by atoms with Crippen LogP contribution in [-0.2, 0) is 4.79 Å². The molecule has 0 spiro atoms. The van der Waals surface area contributed by atoms with Gasteiger partial charge in [-0.05, 0) is 43.5 Å². The van der Waals surface area contributed by atoms with Gasteiger partial charge in [0, 0.05) is 23.8 Å². The molecule has 0 aromatic heterocycles. The van der Waals surface area contributed by atoms with Crippen molar-refractivity contribution in [3.05, 3.63) is 49.1 Å². The minimum Gasteiger partial charge on any atom is -0.334 e. The van der Waals surface area contributed by atoms with Gasteiger partial charge in [-0.15, -0.1) is 6.58 Å². The Kier molecular flexibility index (Phi) is 5.77. The second-order valence-corrected chi connectivity index (χ2v) is 5.17. The average Bonchev–Trinajstić information content (AvgIpc) is 2.55. The maximum absolute atomic E-state index is 12.1. The minimum atomic E-state index is -0.286. The molecule has 22 heavy (non-hydrogen) atoms. The summed E-state index contributed by atoms with van der Waals surface area (Å²) in [6.45, 7) is 3.94. The summed E-state index contributed by atoms with van der Waals surface area (Å²) < 4.78 is 0. The number of rotatable bonds is 5. The van der Waals surface area contributed by atoms with Crippen LogP contribution >= 0.6 is 0 Å². The van der Waals surface area contributed by atoms with Gasteiger partial charge in [-0.1, -0.05) is 18.2 Å². The van der Waals surface area contributed by atoms with E-state index in [-0.39, 0.29) is 17.9 Å². The van der Waals surface area contributed by atoms with Crippen molar-refractivity contribution in [1.29, 1.82) is 0 Å². The van der Waals surface area contributed by atoms with E-state index in [4.69, 9.17) is 0 Å². The number of allylic oxidation sites excluding steroid dienone is 2. The highest BCUT2D eigenvalue weighted by molar-refractivity contribution is 5.93. The molecule has 0 heterocycles. The largest absolute Gasteiger partial charge is 0.334 e. The Morgan fingerprint density at radius 3 is 2.41 bits per heavy atom. The van der Waals surface area contributed by atoms with Crippen LogP contribution in [0.5, 0.6) is 0 Å². The highest BCUT2D eigenvalue weighted by Crippen LogP contribution is 2.21. The third-order valence-electron chi connectivity index (χ3n) is 3.46. The van der Waals surface area contributed by atoms with Gasteiger partial charge in [0.15, 0.2) is 0 Å². The van der Waals surface area contributed by atoms with Gasteiger partial charge >= 0.3 is 6.03 Å². The topological polar surface area (TPSA) is 70.2 Å². The van der Waals surface area contributed by atoms with E-state index < -0.39 is 0 Å². The molecule has 1 aromatic rings. The number of benzene rings is 1. The molecule has 1 aliphatic rings. The summed E-state index contributed by atoms with van der Waals surface area (Å²) >= 11 is 0. The normalized spacial score (nSPS) is 16.6. The summed E-state index contributed by atoms with van der Waals surface area (Å²) in [4.78, 5) is 23.6. The van der Waals surface area contributed by atoms with Crippen molar-refractivity contribution in [3.8, 4) is 0 Å². The van der Waals surface area contributed by atoms with E-state index in [1.54, 1.807) is 30.3 Å². The van der Waals surface area contributed by atoms with Gasteiger partial charge in [-0.2, -0.15) is 0 Å². The Morgan fingerprint density at radius 2 is 1.82 bits per heavy atom. The number of urea groups is 1. The van der Waals surface area contributed by atoms with Crippen LogP contribution in [0.4, 0.5) is 16.2 Å². The molecule has 0 radical (unpaired) electrons. The van der Waals surface area contributed by atoms with Gasteiger partial charge in [-0.3, -0.25) is 4.79 Å². The molecule has 0 saturated heterocycles. The molecule has 3 amide bonds. The van der Waals surface area contributed by atoms with Gasteiger partial charge in [0.2, 0.25) is 5.91 Å². The summed E-state index contributed by atoms with van der Waals surface area (Å²) in [5.41, 5.74) is 1.40.